The van der Waals surface area contributed by atoms with Gasteiger partial charge in [-0.2, -0.15) is 0 Å². The van der Waals surface area contributed by atoms with Crippen LogP contribution in [0.15, 0.2) is 0 Å². The van der Waals surface area contributed by atoms with Crippen LogP contribution >= 0.6 is 11.6 Å². The van der Waals surface area contributed by atoms with Gasteiger partial charge in [0.05, 0.1) is 18.8 Å². The van der Waals surface area contributed by atoms with E-state index in [1.807, 2.05) is 0 Å². The molecule has 1 heterocycles. The minimum Gasteiger partial charge on any atom is -0.449 e. The lowest BCUT2D eigenvalue weighted by molar-refractivity contribution is -0.203. The maximum absolute atomic E-state index is 12.8. The fourth-order valence-corrected chi connectivity index (χ4v) is 11.4. The number of alkyl halides is 1. The number of carbonyl (C=O) groups is 1. The SMILES string of the molecule is CC[C@H]1[C@@H](O)[C@H]2C3CC[C@H]([C@H](C)CCOC(=O)N4CCC(CO)(CCl)CC4)[C@@]3(C)CCC2[C@@]2(C)CC[C@@H](O)C[C@@H]12. The van der Waals surface area contributed by atoms with Gasteiger partial charge in [0.1, 0.15) is 0 Å². The van der Waals surface area contributed by atoms with E-state index in [2.05, 4.69) is 27.7 Å². The van der Waals surface area contributed by atoms with Crippen molar-refractivity contribution in [1.29, 1.82) is 0 Å². The molecular formula is C33H56ClNO5. The van der Waals surface area contributed by atoms with E-state index in [0.29, 0.717) is 79.8 Å². The summed E-state index contributed by atoms with van der Waals surface area (Å²) in [5, 5.41) is 32.2. The first-order valence-electron chi connectivity index (χ1n) is 16.5. The Morgan fingerprint density at radius 2 is 1.68 bits per heavy atom. The van der Waals surface area contributed by atoms with Crippen molar-refractivity contribution in [2.45, 2.75) is 111 Å². The molecule has 2 unspecified atom stereocenters. The largest absolute Gasteiger partial charge is 0.449 e. The smallest absolute Gasteiger partial charge is 0.409 e. The van der Waals surface area contributed by atoms with Crippen LogP contribution in [-0.4, -0.2) is 70.7 Å². The lowest BCUT2D eigenvalue weighted by atomic mass is 9.41. The monoisotopic (exact) mass is 581 g/mol. The Morgan fingerprint density at radius 1 is 1.00 bits per heavy atom. The van der Waals surface area contributed by atoms with E-state index in [4.69, 9.17) is 16.3 Å². The maximum atomic E-state index is 12.8. The predicted octanol–water partition coefficient (Wildman–Crippen LogP) is 6.09. The van der Waals surface area contributed by atoms with Crippen molar-refractivity contribution in [3.05, 3.63) is 0 Å². The Morgan fingerprint density at radius 3 is 2.33 bits per heavy atom. The zero-order valence-electron chi connectivity index (χ0n) is 25.5. The average molecular weight is 582 g/mol. The molecule has 4 saturated carbocycles. The van der Waals surface area contributed by atoms with Crippen LogP contribution < -0.4 is 0 Å². The molecule has 4 aliphatic carbocycles. The summed E-state index contributed by atoms with van der Waals surface area (Å²) in [6, 6.07) is 0. The van der Waals surface area contributed by atoms with Gasteiger partial charge >= 0.3 is 6.09 Å². The molecule has 230 valence electrons. The Hall–Kier alpha value is -0.560. The molecule has 1 amide bonds. The lowest BCUT2D eigenvalue weighted by Crippen LogP contribution is -2.62. The van der Waals surface area contributed by atoms with E-state index < -0.39 is 0 Å². The molecule has 0 aromatic rings. The molecule has 6 nitrogen and oxygen atoms in total. The van der Waals surface area contributed by atoms with Crippen molar-refractivity contribution < 1.29 is 24.9 Å². The summed E-state index contributed by atoms with van der Waals surface area (Å²) in [4.78, 5) is 14.5. The van der Waals surface area contributed by atoms with Crippen LogP contribution in [0.1, 0.15) is 98.3 Å². The highest BCUT2D eigenvalue weighted by atomic mass is 35.5. The van der Waals surface area contributed by atoms with Crippen LogP contribution in [0.25, 0.3) is 0 Å². The fraction of sp³-hybridized carbons (Fsp3) is 0.970. The molecule has 0 aromatic heterocycles. The molecule has 5 rings (SSSR count). The first-order chi connectivity index (χ1) is 19.0. The lowest BCUT2D eigenvalue weighted by Gasteiger charge is -2.64. The number of hydrogen-bond donors (Lipinski definition) is 3. The standard InChI is InChI=1S/C33H56ClNO5/c1-5-23-27-18-22(37)8-11-32(27,4)26-9-12-31(3)24(6-7-25(31)28(26)29(23)38)21(2)10-17-40-30(39)35-15-13-33(19-34,20-36)14-16-35/h21-29,36-38H,5-20H2,1-4H3/t21-,22-,23-,24-,25?,26?,27+,28+,29-,31-,32-/m1/s1. The second-order valence-corrected chi connectivity index (χ2v) is 15.5. The molecule has 1 saturated heterocycles. The van der Waals surface area contributed by atoms with Gasteiger partial charge in [-0.1, -0.05) is 34.1 Å². The Balaban J connectivity index is 1.20. The van der Waals surface area contributed by atoms with Crippen LogP contribution in [0.4, 0.5) is 4.79 Å². The molecule has 0 bridgehead atoms. The van der Waals surface area contributed by atoms with E-state index in [0.717, 1.165) is 32.1 Å². The molecule has 5 fully saturated rings. The number of fused-ring (bicyclic) bond motifs is 5. The summed E-state index contributed by atoms with van der Waals surface area (Å²) in [6.45, 7) is 11.3. The highest BCUT2D eigenvalue weighted by Crippen LogP contribution is 2.69. The number of carbonyl (C=O) groups excluding carboxylic acids is 1. The average Bonchev–Trinajstić information content (AvgIpc) is 3.31. The Kier molecular flexibility index (Phi) is 9.15. The molecule has 7 heteroatoms. The highest BCUT2D eigenvalue weighted by Gasteiger charge is 2.64. The quantitative estimate of drug-likeness (QED) is 0.317. The summed E-state index contributed by atoms with van der Waals surface area (Å²) in [5.74, 6) is 3.69. The number of likely N-dealkylation sites (tertiary alicyclic amines) is 1. The van der Waals surface area contributed by atoms with Crippen LogP contribution in [0.5, 0.6) is 0 Å². The first kappa shape index (κ1) is 30.9. The molecule has 0 spiro atoms. The van der Waals surface area contributed by atoms with Gasteiger partial charge in [-0.15, -0.1) is 11.6 Å². The number of halogens is 1. The summed E-state index contributed by atoms with van der Waals surface area (Å²) in [6.07, 6.45) is 10.3. The second kappa shape index (κ2) is 11.8. The number of aliphatic hydroxyl groups excluding tert-OH is 3. The van der Waals surface area contributed by atoms with Crippen LogP contribution in [0.3, 0.4) is 0 Å². The summed E-state index contributed by atoms with van der Waals surface area (Å²) < 4.78 is 5.76. The number of nitrogens with zero attached hydrogens (tertiary/aromatic N) is 1. The number of amides is 1. The van der Waals surface area contributed by atoms with Gasteiger partial charge in [0.15, 0.2) is 0 Å². The summed E-state index contributed by atoms with van der Waals surface area (Å²) >= 11 is 6.09. The van der Waals surface area contributed by atoms with Crippen molar-refractivity contribution >= 4 is 17.7 Å². The molecule has 11 atom stereocenters. The first-order valence-corrected chi connectivity index (χ1v) is 17.0. The van der Waals surface area contributed by atoms with Crippen LogP contribution in [-0.2, 0) is 4.74 Å². The van der Waals surface area contributed by atoms with Gasteiger partial charge in [-0.25, -0.2) is 4.79 Å². The number of aliphatic hydroxyl groups is 3. The Bertz CT molecular complexity index is 888. The summed E-state index contributed by atoms with van der Waals surface area (Å²) in [5.41, 5.74) is 0.196. The third-order valence-electron chi connectivity index (χ3n) is 13.7. The van der Waals surface area contributed by atoms with Crippen molar-refractivity contribution in [1.82, 2.24) is 4.90 Å². The number of rotatable bonds is 7. The van der Waals surface area contributed by atoms with E-state index in [-0.39, 0.29) is 41.2 Å². The van der Waals surface area contributed by atoms with Crippen LogP contribution in [0, 0.1) is 57.7 Å². The minimum atomic E-state index is -0.264. The topological polar surface area (TPSA) is 90.2 Å². The highest BCUT2D eigenvalue weighted by molar-refractivity contribution is 6.18. The number of hydrogen-bond acceptors (Lipinski definition) is 5. The maximum Gasteiger partial charge on any atom is 0.409 e. The molecule has 0 aromatic carbocycles. The van der Waals surface area contributed by atoms with Crippen LogP contribution in [0.2, 0.25) is 0 Å². The van der Waals surface area contributed by atoms with Crippen molar-refractivity contribution in [3.8, 4) is 0 Å². The minimum absolute atomic E-state index is 0.0682. The van der Waals surface area contributed by atoms with E-state index >= 15 is 0 Å². The molecule has 40 heavy (non-hydrogen) atoms. The van der Waals surface area contributed by atoms with Crippen molar-refractivity contribution in [2.75, 3.05) is 32.2 Å². The van der Waals surface area contributed by atoms with Gasteiger partial charge in [-0.3, -0.25) is 0 Å². The van der Waals surface area contributed by atoms with Gasteiger partial charge < -0.3 is 25.0 Å². The molecule has 1 aliphatic heterocycles. The second-order valence-electron chi connectivity index (χ2n) is 15.3. The third-order valence-corrected chi connectivity index (χ3v) is 14.2. The molecule has 3 N–H and O–H groups in total. The number of ether oxygens (including phenoxy) is 1. The van der Waals surface area contributed by atoms with Gasteiger partial charge in [0, 0.05) is 31.0 Å². The number of piperidine rings is 1. The van der Waals surface area contributed by atoms with Crippen molar-refractivity contribution in [2.24, 2.45) is 57.7 Å². The van der Waals surface area contributed by atoms with Gasteiger partial charge in [-0.05, 0) is 116 Å². The van der Waals surface area contributed by atoms with E-state index in [1.165, 1.54) is 25.7 Å². The third kappa shape index (κ3) is 5.13. The molecule has 0 radical (unpaired) electrons. The molecule has 5 aliphatic rings. The van der Waals surface area contributed by atoms with E-state index in [9.17, 15) is 20.1 Å². The normalized spacial score (nSPS) is 45.2. The van der Waals surface area contributed by atoms with Crippen molar-refractivity contribution in [3.63, 3.8) is 0 Å². The zero-order chi connectivity index (χ0) is 28.9. The fourth-order valence-electron chi connectivity index (χ4n) is 11.1. The van der Waals surface area contributed by atoms with Gasteiger partial charge in [0.25, 0.3) is 0 Å². The Labute approximate surface area is 247 Å². The van der Waals surface area contributed by atoms with Gasteiger partial charge in [0.2, 0.25) is 0 Å². The van der Waals surface area contributed by atoms with E-state index in [1.54, 1.807) is 4.90 Å². The summed E-state index contributed by atoms with van der Waals surface area (Å²) in [7, 11) is 0. The predicted molar refractivity (Wildman–Crippen MR) is 158 cm³/mol. The molecular weight excluding hydrogens is 526 g/mol. The zero-order valence-corrected chi connectivity index (χ0v) is 26.2.